The van der Waals surface area contributed by atoms with Gasteiger partial charge in [-0.1, -0.05) is 12.8 Å². The quantitative estimate of drug-likeness (QED) is 0.706. The van der Waals surface area contributed by atoms with Crippen LogP contribution in [0.3, 0.4) is 0 Å². The SMILES string of the molecule is CC1(C)CC(NC2CCCC2)CCN1. The lowest BCUT2D eigenvalue weighted by molar-refractivity contribution is 0.235. The van der Waals surface area contributed by atoms with E-state index >= 15 is 0 Å². The molecule has 2 aliphatic rings. The number of nitrogens with one attached hydrogen (secondary N) is 2. The molecule has 2 fully saturated rings. The van der Waals surface area contributed by atoms with Gasteiger partial charge in [0.2, 0.25) is 0 Å². The van der Waals surface area contributed by atoms with Gasteiger partial charge in [-0.2, -0.15) is 0 Å². The molecule has 0 radical (unpaired) electrons. The predicted molar refractivity (Wildman–Crippen MR) is 60.5 cm³/mol. The summed E-state index contributed by atoms with van der Waals surface area (Å²) in [5, 5.41) is 7.41. The maximum Gasteiger partial charge on any atom is 0.0139 e. The molecule has 0 aromatic heterocycles. The maximum atomic E-state index is 3.83. The fourth-order valence-corrected chi connectivity index (χ4v) is 2.94. The first-order valence-electron chi connectivity index (χ1n) is 6.17. The van der Waals surface area contributed by atoms with Crippen LogP contribution in [-0.2, 0) is 0 Å². The van der Waals surface area contributed by atoms with Crippen LogP contribution in [0.25, 0.3) is 0 Å². The molecule has 1 saturated carbocycles. The molecule has 1 atom stereocenters. The van der Waals surface area contributed by atoms with Gasteiger partial charge in [-0.3, -0.25) is 0 Å². The van der Waals surface area contributed by atoms with Crippen molar-refractivity contribution in [2.45, 2.75) is 70.0 Å². The average molecular weight is 196 g/mol. The van der Waals surface area contributed by atoms with Crippen LogP contribution in [0.2, 0.25) is 0 Å². The predicted octanol–water partition coefficient (Wildman–Crippen LogP) is 2.05. The van der Waals surface area contributed by atoms with Crippen molar-refractivity contribution in [2.75, 3.05) is 6.54 Å². The van der Waals surface area contributed by atoms with Crippen molar-refractivity contribution < 1.29 is 0 Å². The standard InChI is InChI=1S/C12H24N2/c1-12(2)9-11(7-8-13-12)14-10-5-3-4-6-10/h10-11,13-14H,3-9H2,1-2H3. The molecule has 1 heterocycles. The Balaban J connectivity index is 1.79. The van der Waals surface area contributed by atoms with E-state index in [0.29, 0.717) is 5.54 Å². The summed E-state index contributed by atoms with van der Waals surface area (Å²) in [4.78, 5) is 0. The van der Waals surface area contributed by atoms with Gasteiger partial charge in [-0.25, -0.2) is 0 Å². The second-order valence-electron chi connectivity index (χ2n) is 5.65. The highest BCUT2D eigenvalue weighted by atomic mass is 15.0. The number of piperidine rings is 1. The lowest BCUT2D eigenvalue weighted by Gasteiger charge is -2.38. The zero-order valence-electron chi connectivity index (χ0n) is 9.60. The summed E-state index contributed by atoms with van der Waals surface area (Å²) in [6, 6.07) is 1.59. The minimum Gasteiger partial charge on any atom is -0.312 e. The zero-order chi connectivity index (χ0) is 10.0. The molecule has 1 aliphatic carbocycles. The summed E-state index contributed by atoms with van der Waals surface area (Å²) in [6.45, 7) is 5.81. The van der Waals surface area contributed by atoms with E-state index < -0.39 is 0 Å². The maximum absolute atomic E-state index is 3.83. The van der Waals surface area contributed by atoms with Crippen LogP contribution in [0, 0.1) is 0 Å². The van der Waals surface area contributed by atoms with Crippen molar-refractivity contribution >= 4 is 0 Å². The molecule has 1 saturated heterocycles. The Morgan fingerprint density at radius 3 is 2.43 bits per heavy atom. The number of hydrogen-bond acceptors (Lipinski definition) is 2. The Morgan fingerprint density at radius 2 is 1.79 bits per heavy atom. The molecule has 2 nitrogen and oxygen atoms in total. The summed E-state index contributed by atoms with van der Waals surface area (Å²) in [5.74, 6) is 0. The Hall–Kier alpha value is -0.0800. The van der Waals surface area contributed by atoms with Crippen LogP contribution in [0.1, 0.15) is 52.4 Å². The molecule has 2 N–H and O–H groups in total. The molecule has 0 aromatic carbocycles. The minimum absolute atomic E-state index is 0.342. The molecule has 0 amide bonds. The van der Waals surface area contributed by atoms with Gasteiger partial charge in [0.15, 0.2) is 0 Å². The van der Waals surface area contributed by atoms with E-state index in [4.69, 9.17) is 0 Å². The van der Waals surface area contributed by atoms with Crippen molar-refractivity contribution in [3.8, 4) is 0 Å². The molecular weight excluding hydrogens is 172 g/mol. The highest BCUT2D eigenvalue weighted by molar-refractivity contribution is 4.91. The second-order valence-corrected chi connectivity index (χ2v) is 5.65. The molecular formula is C12H24N2. The second kappa shape index (κ2) is 4.19. The van der Waals surface area contributed by atoms with Crippen LogP contribution in [-0.4, -0.2) is 24.2 Å². The summed E-state index contributed by atoms with van der Waals surface area (Å²) in [7, 11) is 0. The Kier molecular flexibility index (Phi) is 3.13. The number of rotatable bonds is 2. The Labute approximate surface area is 87.8 Å². The smallest absolute Gasteiger partial charge is 0.0139 e. The minimum atomic E-state index is 0.342. The van der Waals surface area contributed by atoms with Gasteiger partial charge in [0.1, 0.15) is 0 Å². The van der Waals surface area contributed by atoms with Crippen molar-refractivity contribution in [1.29, 1.82) is 0 Å². The first-order chi connectivity index (χ1) is 6.66. The van der Waals surface area contributed by atoms with Crippen LogP contribution < -0.4 is 10.6 Å². The molecule has 1 unspecified atom stereocenters. The van der Waals surface area contributed by atoms with Crippen LogP contribution >= 0.6 is 0 Å². The normalized spacial score (nSPS) is 33.4. The molecule has 0 spiro atoms. The highest BCUT2D eigenvalue weighted by Gasteiger charge is 2.29. The van der Waals surface area contributed by atoms with Gasteiger partial charge >= 0.3 is 0 Å². The van der Waals surface area contributed by atoms with Crippen LogP contribution in [0.5, 0.6) is 0 Å². The van der Waals surface area contributed by atoms with Gasteiger partial charge in [-0.05, 0) is 46.1 Å². The lowest BCUT2D eigenvalue weighted by Crippen LogP contribution is -2.53. The first kappa shape index (κ1) is 10.4. The summed E-state index contributed by atoms with van der Waals surface area (Å²) >= 11 is 0. The van der Waals surface area contributed by atoms with E-state index in [1.54, 1.807) is 0 Å². The topological polar surface area (TPSA) is 24.1 Å². The summed E-state index contributed by atoms with van der Waals surface area (Å²) < 4.78 is 0. The lowest BCUT2D eigenvalue weighted by atomic mass is 9.89. The molecule has 0 aromatic rings. The Morgan fingerprint density at radius 1 is 1.07 bits per heavy atom. The fourth-order valence-electron chi connectivity index (χ4n) is 2.94. The first-order valence-corrected chi connectivity index (χ1v) is 6.17. The van der Waals surface area contributed by atoms with E-state index in [1.165, 1.54) is 45.1 Å². The Bertz CT molecular complexity index is 183. The molecule has 1 aliphatic heterocycles. The van der Waals surface area contributed by atoms with Gasteiger partial charge in [0.25, 0.3) is 0 Å². The van der Waals surface area contributed by atoms with E-state index in [9.17, 15) is 0 Å². The monoisotopic (exact) mass is 196 g/mol. The van der Waals surface area contributed by atoms with Gasteiger partial charge in [-0.15, -0.1) is 0 Å². The third kappa shape index (κ3) is 2.71. The van der Waals surface area contributed by atoms with Gasteiger partial charge in [0.05, 0.1) is 0 Å². The third-order valence-electron chi connectivity index (χ3n) is 3.68. The van der Waals surface area contributed by atoms with E-state index in [2.05, 4.69) is 24.5 Å². The van der Waals surface area contributed by atoms with Crippen LogP contribution in [0.4, 0.5) is 0 Å². The molecule has 82 valence electrons. The number of hydrogen-bond donors (Lipinski definition) is 2. The molecule has 14 heavy (non-hydrogen) atoms. The molecule has 0 bridgehead atoms. The summed E-state index contributed by atoms with van der Waals surface area (Å²) in [6.07, 6.45) is 8.27. The summed E-state index contributed by atoms with van der Waals surface area (Å²) in [5.41, 5.74) is 0.342. The van der Waals surface area contributed by atoms with Gasteiger partial charge < -0.3 is 10.6 Å². The van der Waals surface area contributed by atoms with Crippen LogP contribution in [0.15, 0.2) is 0 Å². The largest absolute Gasteiger partial charge is 0.312 e. The molecule has 2 rings (SSSR count). The third-order valence-corrected chi connectivity index (χ3v) is 3.68. The van der Waals surface area contributed by atoms with E-state index in [0.717, 1.165) is 12.1 Å². The van der Waals surface area contributed by atoms with E-state index in [-0.39, 0.29) is 0 Å². The van der Waals surface area contributed by atoms with Crippen molar-refractivity contribution in [3.05, 3.63) is 0 Å². The highest BCUT2D eigenvalue weighted by Crippen LogP contribution is 2.23. The zero-order valence-corrected chi connectivity index (χ0v) is 9.60. The van der Waals surface area contributed by atoms with Crippen molar-refractivity contribution in [3.63, 3.8) is 0 Å². The van der Waals surface area contributed by atoms with Gasteiger partial charge in [0, 0.05) is 17.6 Å². The van der Waals surface area contributed by atoms with E-state index in [1.807, 2.05) is 0 Å². The fraction of sp³-hybridized carbons (Fsp3) is 1.00. The van der Waals surface area contributed by atoms with Crippen molar-refractivity contribution in [2.24, 2.45) is 0 Å². The molecule has 2 heteroatoms. The van der Waals surface area contributed by atoms with Crippen molar-refractivity contribution in [1.82, 2.24) is 10.6 Å². The average Bonchev–Trinajstić information content (AvgIpc) is 2.54.